The van der Waals surface area contributed by atoms with Crippen molar-refractivity contribution in [3.05, 3.63) is 180 Å². The third kappa shape index (κ3) is 5.39. The van der Waals surface area contributed by atoms with Gasteiger partial charge in [-0.3, -0.25) is 0 Å². The van der Waals surface area contributed by atoms with Crippen molar-refractivity contribution in [1.29, 1.82) is 0 Å². The molecule has 1 heterocycles. The first-order chi connectivity index (χ1) is 28.4. The summed E-state index contributed by atoms with van der Waals surface area (Å²) in [6.07, 6.45) is 8.70. The lowest BCUT2D eigenvalue weighted by atomic mass is 9.48. The summed E-state index contributed by atoms with van der Waals surface area (Å²) in [4.78, 5) is 7.40. The molecule has 3 heteroatoms. The largest absolute Gasteiger partial charge is 0.310 e. The van der Waals surface area contributed by atoms with E-state index < -0.39 is 0 Å². The number of nitrogens with zero attached hydrogens (tertiary/aromatic N) is 2. The summed E-state index contributed by atoms with van der Waals surface area (Å²) in [6, 6.07) is 61.7. The van der Waals surface area contributed by atoms with Crippen molar-refractivity contribution in [2.45, 2.75) is 73.0 Å². The average Bonchev–Trinajstić information content (AvgIpc) is 3.48. The van der Waals surface area contributed by atoms with Gasteiger partial charge in [-0.05, 0) is 173 Å². The smallest absolute Gasteiger partial charge is 0.0601 e. The van der Waals surface area contributed by atoms with Gasteiger partial charge in [0.2, 0.25) is 0 Å². The normalized spacial score (nSPS) is 22.9. The van der Waals surface area contributed by atoms with E-state index in [4.69, 9.17) is 0 Å². The molecule has 58 heavy (non-hydrogen) atoms. The first-order valence-electron chi connectivity index (χ1n) is 21.4. The van der Waals surface area contributed by atoms with Crippen molar-refractivity contribution in [3.8, 4) is 22.3 Å². The molecule has 4 bridgehead atoms. The van der Waals surface area contributed by atoms with E-state index in [1.807, 2.05) is 11.8 Å². The molecule has 7 aromatic rings. The van der Waals surface area contributed by atoms with Gasteiger partial charge < -0.3 is 9.80 Å². The van der Waals surface area contributed by atoms with E-state index in [1.54, 1.807) is 5.56 Å². The molecule has 0 aromatic heterocycles. The Kier molecular flexibility index (Phi) is 7.74. The van der Waals surface area contributed by atoms with E-state index in [0.29, 0.717) is 5.41 Å². The van der Waals surface area contributed by atoms with Gasteiger partial charge in [-0.1, -0.05) is 117 Å². The highest BCUT2D eigenvalue weighted by atomic mass is 32.2. The maximum Gasteiger partial charge on any atom is 0.0601 e. The number of rotatable bonds is 6. The zero-order chi connectivity index (χ0) is 38.6. The molecular formula is C55H48N2S. The molecule has 13 rings (SSSR count). The van der Waals surface area contributed by atoms with Crippen LogP contribution < -0.4 is 9.80 Å². The van der Waals surface area contributed by atoms with Crippen LogP contribution >= 0.6 is 11.8 Å². The molecule has 4 saturated carbocycles. The molecule has 0 spiro atoms. The molecule has 1 aliphatic heterocycles. The Bertz CT molecular complexity index is 2630. The minimum atomic E-state index is -0.0866. The van der Waals surface area contributed by atoms with Crippen molar-refractivity contribution >= 4 is 45.9 Å². The highest BCUT2D eigenvalue weighted by Gasteiger charge is 2.51. The van der Waals surface area contributed by atoms with Crippen LogP contribution in [0.4, 0.5) is 34.1 Å². The minimum Gasteiger partial charge on any atom is -0.310 e. The predicted octanol–water partition coefficient (Wildman–Crippen LogP) is 15.5. The molecule has 0 N–H and O–H groups in total. The fraction of sp³-hybridized carbons (Fsp3) is 0.236. The van der Waals surface area contributed by atoms with Crippen LogP contribution in [-0.2, 0) is 10.8 Å². The van der Waals surface area contributed by atoms with Crippen molar-refractivity contribution in [2.75, 3.05) is 9.80 Å². The van der Waals surface area contributed by atoms with Crippen LogP contribution in [0, 0.1) is 17.8 Å². The fourth-order valence-corrected chi connectivity index (χ4v) is 13.4. The molecule has 0 radical (unpaired) electrons. The van der Waals surface area contributed by atoms with E-state index in [-0.39, 0.29) is 5.41 Å². The molecular weight excluding hydrogens is 721 g/mol. The molecule has 0 atom stereocenters. The van der Waals surface area contributed by atoms with Gasteiger partial charge in [0, 0.05) is 38.0 Å². The van der Waals surface area contributed by atoms with Gasteiger partial charge in [0.25, 0.3) is 0 Å². The van der Waals surface area contributed by atoms with E-state index in [1.165, 1.54) is 98.8 Å². The van der Waals surface area contributed by atoms with Gasteiger partial charge >= 0.3 is 0 Å². The van der Waals surface area contributed by atoms with Crippen LogP contribution in [0.3, 0.4) is 0 Å². The summed E-state index contributed by atoms with van der Waals surface area (Å²) in [7, 11) is 0. The summed E-state index contributed by atoms with van der Waals surface area (Å²) in [6.45, 7) is 4.74. The molecule has 0 unspecified atom stereocenters. The fourth-order valence-electron chi connectivity index (χ4n) is 12.3. The Balaban J connectivity index is 0.914. The second kappa shape index (κ2) is 13.0. The molecule has 284 valence electrons. The van der Waals surface area contributed by atoms with E-state index in [0.717, 1.165) is 34.8 Å². The zero-order valence-corrected chi connectivity index (χ0v) is 34.2. The van der Waals surface area contributed by atoms with Crippen molar-refractivity contribution in [2.24, 2.45) is 17.8 Å². The quantitative estimate of drug-likeness (QED) is 0.166. The van der Waals surface area contributed by atoms with Crippen molar-refractivity contribution in [3.63, 3.8) is 0 Å². The molecule has 2 nitrogen and oxygen atoms in total. The minimum absolute atomic E-state index is 0.0866. The lowest BCUT2D eigenvalue weighted by Gasteiger charge is -2.57. The van der Waals surface area contributed by atoms with Crippen LogP contribution in [0.5, 0.6) is 0 Å². The van der Waals surface area contributed by atoms with Crippen LogP contribution in [0.15, 0.2) is 174 Å². The highest BCUT2D eigenvalue weighted by Crippen LogP contribution is 2.61. The maximum absolute atomic E-state index is 2.48. The Labute approximate surface area is 347 Å². The number of benzene rings is 7. The third-order valence-corrected chi connectivity index (χ3v) is 15.7. The Hall–Kier alpha value is -5.51. The predicted molar refractivity (Wildman–Crippen MR) is 243 cm³/mol. The SMILES string of the molecule is CC1(C)c2ccccc2-c2ccc(N(c3ccc(-c4ccc(C56CC7CC(CC(C7)C5)C6)cc4)cc3)c3ccc(N4c5ccccc5Sc5ccccc54)cc3)cc21. The molecule has 5 aliphatic carbocycles. The standard InChI is InChI=1S/C55H48N2S/c1-54(2)48-10-4-3-9-46(48)47-28-27-45(32-49(47)54)56(43-23-25-44(26-24-43)57-50-11-5-7-13-52(50)58-53-14-8-6-12-51(53)57)42-21-17-40(18-22-42)39-15-19-41(20-16-39)55-33-36-29-37(34-55)31-38(30-36)35-55/h3-28,32,36-38H,29-31,33-35H2,1-2H3. The van der Waals surface area contributed by atoms with Gasteiger partial charge in [-0.15, -0.1) is 0 Å². The number of hydrogen-bond acceptors (Lipinski definition) is 3. The summed E-state index contributed by atoms with van der Waals surface area (Å²) in [5.41, 5.74) is 17.0. The number of fused-ring (bicyclic) bond motifs is 5. The molecule has 0 saturated heterocycles. The Morgan fingerprint density at radius 1 is 0.500 bits per heavy atom. The van der Waals surface area contributed by atoms with Crippen LogP contribution in [0.1, 0.15) is 69.1 Å². The zero-order valence-electron chi connectivity index (χ0n) is 33.4. The molecule has 0 amide bonds. The number of anilines is 6. The molecule has 4 fully saturated rings. The second-order valence-electron chi connectivity index (χ2n) is 18.4. The van der Waals surface area contributed by atoms with Gasteiger partial charge in [-0.25, -0.2) is 0 Å². The number of hydrogen-bond donors (Lipinski definition) is 0. The molecule has 7 aromatic carbocycles. The first kappa shape index (κ1) is 34.5. The summed E-state index contributed by atoms with van der Waals surface area (Å²) in [5.74, 6) is 2.88. The number of para-hydroxylation sites is 2. The summed E-state index contributed by atoms with van der Waals surface area (Å²) in [5, 5.41) is 0. The molecule has 6 aliphatic rings. The third-order valence-electron chi connectivity index (χ3n) is 14.6. The van der Waals surface area contributed by atoms with Crippen LogP contribution in [-0.4, -0.2) is 0 Å². The van der Waals surface area contributed by atoms with E-state index in [9.17, 15) is 0 Å². The topological polar surface area (TPSA) is 6.48 Å². The summed E-state index contributed by atoms with van der Waals surface area (Å²) < 4.78 is 0. The lowest BCUT2D eigenvalue weighted by Crippen LogP contribution is -2.48. The average molecular weight is 769 g/mol. The van der Waals surface area contributed by atoms with Crippen molar-refractivity contribution in [1.82, 2.24) is 0 Å². The maximum atomic E-state index is 2.48. The monoisotopic (exact) mass is 768 g/mol. The Morgan fingerprint density at radius 3 is 1.62 bits per heavy atom. The van der Waals surface area contributed by atoms with Gasteiger partial charge in [0.05, 0.1) is 11.4 Å². The highest BCUT2D eigenvalue weighted by molar-refractivity contribution is 7.99. The van der Waals surface area contributed by atoms with Gasteiger partial charge in [-0.2, -0.15) is 0 Å². The first-order valence-corrected chi connectivity index (χ1v) is 22.2. The van der Waals surface area contributed by atoms with E-state index in [2.05, 4.69) is 187 Å². The van der Waals surface area contributed by atoms with Crippen molar-refractivity contribution < 1.29 is 0 Å². The second-order valence-corrected chi connectivity index (χ2v) is 19.5. The van der Waals surface area contributed by atoms with Gasteiger partial charge in [0.1, 0.15) is 0 Å². The van der Waals surface area contributed by atoms with Crippen LogP contribution in [0.25, 0.3) is 22.3 Å². The van der Waals surface area contributed by atoms with E-state index >= 15 is 0 Å². The Morgan fingerprint density at radius 2 is 1.00 bits per heavy atom. The van der Waals surface area contributed by atoms with Crippen LogP contribution in [0.2, 0.25) is 0 Å². The lowest BCUT2D eigenvalue weighted by molar-refractivity contribution is -0.00518. The van der Waals surface area contributed by atoms with Gasteiger partial charge in [0.15, 0.2) is 0 Å². The summed E-state index contributed by atoms with van der Waals surface area (Å²) >= 11 is 1.85.